The van der Waals surface area contributed by atoms with Crippen molar-refractivity contribution in [3.05, 3.63) is 66.0 Å². The summed E-state index contributed by atoms with van der Waals surface area (Å²) in [4.78, 5) is 10.5. The molecule has 1 atom stereocenters. The zero-order valence-electron chi connectivity index (χ0n) is 14.1. The van der Waals surface area contributed by atoms with Gasteiger partial charge in [-0.3, -0.25) is 0 Å². The number of nitrogens with one attached hydrogen (secondary N) is 2. The summed E-state index contributed by atoms with van der Waals surface area (Å²) in [6.07, 6.45) is 2.28. The van der Waals surface area contributed by atoms with E-state index in [1.807, 2.05) is 18.2 Å². The molecule has 0 radical (unpaired) electrons. The third kappa shape index (κ3) is 3.66. The van der Waals surface area contributed by atoms with Crippen LogP contribution in [0.1, 0.15) is 30.1 Å². The van der Waals surface area contributed by atoms with Gasteiger partial charge in [0.15, 0.2) is 5.11 Å². The molecule has 25 heavy (non-hydrogen) atoms. The van der Waals surface area contributed by atoms with Crippen molar-refractivity contribution in [2.45, 2.75) is 25.3 Å². The summed E-state index contributed by atoms with van der Waals surface area (Å²) in [7, 11) is 0. The maximum absolute atomic E-state index is 5.62. The van der Waals surface area contributed by atoms with Gasteiger partial charge < -0.3 is 15.2 Å². The maximum atomic E-state index is 5.62. The molecule has 0 unspecified atom stereocenters. The minimum atomic E-state index is 0.401. The largest absolute Gasteiger partial charge is 0.358 e. The number of fused-ring (bicyclic) bond motifs is 1. The van der Waals surface area contributed by atoms with Gasteiger partial charge in [0.25, 0.3) is 0 Å². The summed E-state index contributed by atoms with van der Waals surface area (Å²) in [6, 6.07) is 18.6. The van der Waals surface area contributed by atoms with E-state index in [9.17, 15) is 0 Å². The second kappa shape index (κ2) is 7.23. The van der Waals surface area contributed by atoms with Gasteiger partial charge in [0, 0.05) is 25.6 Å². The van der Waals surface area contributed by atoms with E-state index >= 15 is 0 Å². The number of para-hydroxylation sites is 2. The fourth-order valence-corrected chi connectivity index (χ4v) is 3.67. The molecule has 2 heterocycles. The van der Waals surface area contributed by atoms with Crippen LogP contribution in [0.25, 0.3) is 11.0 Å². The van der Waals surface area contributed by atoms with Crippen LogP contribution in [-0.2, 0) is 6.54 Å². The minimum absolute atomic E-state index is 0.401. The number of imidazole rings is 1. The van der Waals surface area contributed by atoms with E-state index in [1.54, 1.807) is 0 Å². The Bertz CT molecular complexity index is 825. The van der Waals surface area contributed by atoms with Crippen LogP contribution in [0.15, 0.2) is 54.6 Å². The van der Waals surface area contributed by atoms with E-state index in [2.05, 4.69) is 51.6 Å². The number of thiocarbonyl (C=S) groups is 1. The van der Waals surface area contributed by atoms with Crippen LogP contribution in [0, 0.1) is 0 Å². The predicted octanol–water partition coefficient (Wildman–Crippen LogP) is 3.82. The van der Waals surface area contributed by atoms with Crippen molar-refractivity contribution in [2.24, 2.45) is 0 Å². The Labute approximate surface area is 153 Å². The smallest absolute Gasteiger partial charge is 0.169 e. The number of H-pyrrole nitrogens is 1. The zero-order valence-corrected chi connectivity index (χ0v) is 14.9. The Hall–Kier alpha value is -2.40. The van der Waals surface area contributed by atoms with Crippen LogP contribution in [0.3, 0.4) is 0 Å². The van der Waals surface area contributed by atoms with E-state index in [4.69, 9.17) is 17.2 Å². The van der Waals surface area contributed by atoms with Crippen molar-refractivity contribution in [3.63, 3.8) is 0 Å². The Kier molecular flexibility index (Phi) is 4.65. The highest BCUT2D eigenvalue weighted by Gasteiger charge is 2.25. The van der Waals surface area contributed by atoms with Gasteiger partial charge in [-0.05, 0) is 42.8 Å². The van der Waals surface area contributed by atoms with Gasteiger partial charge in [-0.1, -0.05) is 42.5 Å². The number of rotatable bonds is 3. The molecule has 128 valence electrons. The molecule has 4 nitrogen and oxygen atoms in total. The number of likely N-dealkylation sites (tertiary alicyclic amines) is 1. The van der Waals surface area contributed by atoms with Gasteiger partial charge >= 0.3 is 0 Å². The standard InChI is InChI=1S/C20H22N4S/c25-20(21-13-15-7-2-1-3-8-15)24-12-6-9-16(14-24)19-22-17-10-4-5-11-18(17)23-19/h1-5,7-8,10-11,16H,6,9,12-14H2,(H,21,25)(H,22,23)/t16-/m0/s1. The lowest BCUT2D eigenvalue weighted by Gasteiger charge is -2.33. The number of aromatic nitrogens is 2. The molecule has 2 N–H and O–H groups in total. The van der Waals surface area contributed by atoms with E-state index in [-0.39, 0.29) is 0 Å². The molecular weight excluding hydrogens is 328 g/mol. The number of benzene rings is 2. The highest BCUT2D eigenvalue weighted by atomic mass is 32.1. The van der Waals surface area contributed by atoms with Crippen LogP contribution in [0.5, 0.6) is 0 Å². The first-order valence-corrected chi connectivity index (χ1v) is 9.22. The molecule has 2 aromatic carbocycles. The first kappa shape index (κ1) is 16.1. The van der Waals surface area contributed by atoms with Crippen molar-refractivity contribution >= 4 is 28.4 Å². The van der Waals surface area contributed by atoms with Crippen LogP contribution in [0.4, 0.5) is 0 Å². The van der Waals surface area contributed by atoms with Gasteiger partial charge in [-0.2, -0.15) is 0 Å². The highest BCUT2D eigenvalue weighted by Crippen LogP contribution is 2.26. The topological polar surface area (TPSA) is 44.0 Å². The fourth-order valence-electron chi connectivity index (χ4n) is 3.44. The molecule has 1 aromatic heterocycles. The van der Waals surface area contributed by atoms with E-state index in [0.29, 0.717) is 5.92 Å². The quantitative estimate of drug-likeness (QED) is 0.705. The Morgan fingerprint density at radius 3 is 2.80 bits per heavy atom. The molecule has 5 heteroatoms. The van der Waals surface area contributed by atoms with Crippen molar-refractivity contribution in [1.29, 1.82) is 0 Å². The summed E-state index contributed by atoms with van der Waals surface area (Å²) in [5, 5.41) is 4.23. The van der Waals surface area contributed by atoms with Crippen molar-refractivity contribution in [1.82, 2.24) is 20.2 Å². The minimum Gasteiger partial charge on any atom is -0.358 e. The van der Waals surface area contributed by atoms with Gasteiger partial charge in [0.2, 0.25) is 0 Å². The molecule has 1 aliphatic rings. The third-order valence-electron chi connectivity index (χ3n) is 4.79. The monoisotopic (exact) mass is 350 g/mol. The van der Waals surface area contributed by atoms with Crippen LogP contribution in [-0.4, -0.2) is 33.1 Å². The summed E-state index contributed by atoms with van der Waals surface area (Å²) in [6.45, 7) is 2.70. The van der Waals surface area contributed by atoms with Gasteiger partial charge in [0.1, 0.15) is 5.82 Å². The first-order chi connectivity index (χ1) is 12.3. The Morgan fingerprint density at radius 1 is 1.16 bits per heavy atom. The molecule has 0 bridgehead atoms. The number of piperidine rings is 1. The summed E-state index contributed by atoms with van der Waals surface area (Å²) in [5.41, 5.74) is 3.40. The summed E-state index contributed by atoms with van der Waals surface area (Å²) < 4.78 is 0. The Balaban J connectivity index is 1.41. The maximum Gasteiger partial charge on any atom is 0.169 e. The van der Waals surface area contributed by atoms with Crippen molar-refractivity contribution < 1.29 is 0 Å². The lowest BCUT2D eigenvalue weighted by atomic mass is 9.98. The Morgan fingerprint density at radius 2 is 1.96 bits per heavy atom. The predicted molar refractivity (Wildman–Crippen MR) is 106 cm³/mol. The summed E-state index contributed by atoms with van der Waals surface area (Å²) in [5.74, 6) is 1.48. The third-order valence-corrected chi connectivity index (χ3v) is 5.19. The molecule has 0 aliphatic carbocycles. The van der Waals surface area contributed by atoms with Gasteiger partial charge in [0.05, 0.1) is 11.0 Å². The van der Waals surface area contributed by atoms with E-state index in [0.717, 1.165) is 54.4 Å². The second-order valence-corrected chi connectivity index (χ2v) is 6.96. The van der Waals surface area contributed by atoms with Crippen LogP contribution >= 0.6 is 12.2 Å². The number of aromatic amines is 1. The molecule has 0 amide bonds. The highest BCUT2D eigenvalue weighted by molar-refractivity contribution is 7.80. The molecule has 1 saturated heterocycles. The average Bonchev–Trinajstić information content (AvgIpc) is 3.11. The van der Waals surface area contributed by atoms with Crippen LogP contribution in [0.2, 0.25) is 0 Å². The SMILES string of the molecule is S=C(NCc1ccccc1)N1CCC[C@H](c2nc3ccccc3[nH]2)C1. The first-order valence-electron chi connectivity index (χ1n) is 8.81. The normalized spacial score (nSPS) is 17.6. The van der Waals surface area contributed by atoms with E-state index < -0.39 is 0 Å². The molecule has 1 fully saturated rings. The number of nitrogens with zero attached hydrogens (tertiary/aromatic N) is 2. The van der Waals surface area contributed by atoms with E-state index in [1.165, 1.54) is 5.56 Å². The van der Waals surface area contributed by atoms with Crippen molar-refractivity contribution in [2.75, 3.05) is 13.1 Å². The molecule has 3 aromatic rings. The van der Waals surface area contributed by atoms with Gasteiger partial charge in [-0.15, -0.1) is 0 Å². The van der Waals surface area contributed by atoms with Crippen LogP contribution < -0.4 is 5.32 Å². The molecule has 1 aliphatic heterocycles. The molecule has 4 rings (SSSR count). The molecular formula is C20H22N4S. The van der Waals surface area contributed by atoms with Gasteiger partial charge in [-0.25, -0.2) is 4.98 Å². The lowest BCUT2D eigenvalue weighted by Crippen LogP contribution is -2.44. The molecule has 0 spiro atoms. The van der Waals surface area contributed by atoms with Crippen molar-refractivity contribution in [3.8, 4) is 0 Å². The number of hydrogen-bond acceptors (Lipinski definition) is 2. The summed E-state index contributed by atoms with van der Waals surface area (Å²) >= 11 is 5.62. The molecule has 0 saturated carbocycles. The second-order valence-electron chi connectivity index (χ2n) is 6.57. The fraction of sp³-hybridized carbons (Fsp3) is 0.300. The average molecular weight is 350 g/mol. The zero-order chi connectivity index (χ0) is 17.1. The lowest BCUT2D eigenvalue weighted by molar-refractivity contribution is 0.300. The number of hydrogen-bond donors (Lipinski definition) is 2.